The Morgan fingerprint density at radius 1 is 1.30 bits per heavy atom. The molecule has 2 heteroatoms. The maximum atomic E-state index is 14.1. The van der Waals surface area contributed by atoms with Gasteiger partial charge in [-0.05, 0) is 49.1 Å². The Balaban J connectivity index is 2.22. The molecule has 0 heterocycles. The van der Waals surface area contributed by atoms with Crippen LogP contribution in [-0.2, 0) is 0 Å². The predicted octanol–water partition coefficient (Wildman–Crippen LogP) is 5.57. The van der Waals surface area contributed by atoms with E-state index < -0.39 is 11.6 Å². The first-order chi connectivity index (χ1) is 9.58. The molecule has 1 aliphatic rings. The van der Waals surface area contributed by atoms with Crippen LogP contribution < -0.4 is 0 Å². The van der Waals surface area contributed by atoms with Crippen molar-refractivity contribution in [1.82, 2.24) is 0 Å². The maximum Gasteiger partial charge on any atom is 0.162 e. The molecule has 1 fully saturated rings. The van der Waals surface area contributed by atoms with Gasteiger partial charge in [-0.25, -0.2) is 8.78 Å². The Kier molecular flexibility index (Phi) is 4.95. The van der Waals surface area contributed by atoms with Gasteiger partial charge in [0.2, 0.25) is 0 Å². The average Bonchev–Trinajstić information content (AvgIpc) is 2.45. The van der Waals surface area contributed by atoms with E-state index in [9.17, 15) is 8.78 Å². The van der Waals surface area contributed by atoms with E-state index >= 15 is 0 Å². The minimum absolute atomic E-state index is 0.131. The molecule has 110 valence electrons. The fourth-order valence-corrected chi connectivity index (χ4v) is 3.43. The van der Waals surface area contributed by atoms with Crippen LogP contribution in [-0.4, -0.2) is 0 Å². The molecule has 0 saturated heterocycles. The summed E-state index contributed by atoms with van der Waals surface area (Å²) in [5, 5.41) is 0. The summed E-state index contributed by atoms with van der Waals surface area (Å²) < 4.78 is 27.9. The second kappa shape index (κ2) is 6.51. The summed E-state index contributed by atoms with van der Waals surface area (Å²) in [6.45, 7) is 7.56. The molecule has 0 aromatic heterocycles. The van der Waals surface area contributed by atoms with Crippen molar-refractivity contribution in [3.8, 4) is 0 Å². The highest BCUT2D eigenvalue weighted by Gasteiger charge is 2.29. The average molecular weight is 277 g/mol. The fraction of sp³-hybridized carbons (Fsp3) is 0.500. The lowest BCUT2D eigenvalue weighted by atomic mass is 9.70. The predicted molar refractivity (Wildman–Crippen MR) is 79.5 cm³/mol. The second-order valence-corrected chi connectivity index (χ2v) is 5.91. The van der Waals surface area contributed by atoms with E-state index in [0.29, 0.717) is 23.0 Å². The third-order valence-electron chi connectivity index (χ3n) is 4.63. The Morgan fingerprint density at radius 2 is 2.05 bits per heavy atom. The van der Waals surface area contributed by atoms with E-state index in [1.165, 1.54) is 0 Å². The minimum atomic E-state index is -0.688. The van der Waals surface area contributed by atoms with E-state index in [4.69, 9.17) is 0 Å². The fourth-order valence-electron chi connectivity index (χ4n) is 3.43. The highest BCUT2D eigenvalue weighted by molar-refractivity contribution is 5.28. The zero-order chi connectivity index (χ0) is 14.7. The lowest BCUT2D eigenvalue weighted by Gasteiger charge is -2.37. The third kappa shape index (κ3) is 2.94. The van der Waals surface area contributed by atoms with Gasteiger partial charge in [-0.15, -0.1) is 6.58 Å². The van der Waals surface area contributed by atoms with Crippen LogP contribution in [0.15, 0.2) is 24.8 Å². The van der Waals surface area contributed by atoms with Crippen molar-refractivity contribution < 1.29 is 8.78 Å². The number of benzene rings is 1. The van der Waals surface area contributed by atoms with Gasteiger partial charge in [-0.3, -0.25) is 0 Å². The van der Waals surface area contributed by atoms with Crippen LogP contribution in [0.2, 0.25) is 0 Å². The summed E-state index contributed by atoms with van der Waals surface area (Å²) in [4.78, 5) is 0. The number of rotatable bonds is 4. The molecule has 0 aliphatic heterocycles. The van der Waals surface area contributed by atoms with Crippen LogP contribution in [0, 0.1) is 36.8 Å². The lowest BCUT2D eigenvalue weighted by molar-refractivity contribution is 0.250. The summed E-state index contributed by atoms with van der Waals surface area (Å²) in [6, 6.07) is 3.45. The molecular formula is C18H23F2-. The third-order valence-corrected chi connectivity index (χ3v) is 4.63. The maximum absolute atomic E-state index is 14.1. The van der Waals surface area contributed by atoms with Crippen molar-refractivity contribution in [2.75, 3.05) is 0 Å². The van der Waals surface area contributed by atoms with E-state index in [1.807, 2.05) is 6.08 Å². The quantitative estimate of drug-likeness (QED) is 0.498. The SMILES string of the molecule is C=CC1CCC(c2ccc(C)c(F)c2F)CC1C[CH-]C. The number of aryl methyl sites for hydroxylation is 1. The van der Waals surface area contributed by atoms with Crippen LogP contribution in [0.25, 0.3) is 0 Å². The molecule has 2 rings (SSSR count). The van der Waals surface area contributed by atoms with Crippen molar-refractivity contribution in [1.29, 1.82) is 0 Å². The van der Waals surface area contributed by atoms with Gasteiger partial charge in [0.25, 0.3) is 0 Å². The molecule has 3 unspecified atom stereocenters. The molecule has 0 radical (unpaired) electrons. The van der Waals surface area contributed by atoms with Crippen molar-refractivity contribution in [2.45, 2.75) is 45.4 Å². The molecule has 1 aliphatic carbocycles. The lowest BCUT2D eigenvalue weighted by Crippen LogP contribution is -2.23. The van der Waals surface area contributed by atoms with Crippen LogP contribution in [0.1, 0.15) is 49.7 Å². The largest absolute Gasteiger partial charge is 0.331 e. The number of allylic oxidation sites excluding steroid dienone is 1. The Bertz CT molecular complexity index is 479. The first kappa shape index (κ1) is 15.2. The Hall–Kier alpha value is -1.18. The van der Waals surface area contributed by atoms with E-state index in [1.54, 1.807) is 19.1 Å². The molecule has 0 amide bonds. The summed E-state index contributed by atoms with van der Waals surface area (Å²) in [7, 11) is 0. The number of hydrogen-bond acceptors (Lipinski definition) is 0. The zero-order valence-corrected chi connectivity index (χ0v) is 12.3. The van der Waals surface area contributed by atoms with Gasteiger partial charge in [0, 0.05) is 0 Å². The molecule has 20 heavy (non-hydrogen) atoms. The molecule has 0 bridgehead atoms. The molecule has 0 nitrogen and oxygen atoms in total. The Morgan fingerprint density at radius 3 is 2.70 bits per heavy atom. The molecule has 0 N–H and O–H groups in total. The summed E-state index contributed by atoms with van der Waals surface area (Å²) in [6.07, 6.45) is 8.05. The second-order valence-electron chi connectivity index (χ2n) is 5.91. The van der Waals surface area contributed by atoms with Crippen molar-refractivity contribution in [2.24, 2.45) is 11.8 Å². The van der Waals surface area contributed by atoms with Gasteiger partial charge in [0.05, 0.1) is 0 Å². The van der Waals surface area contributed by atoms with Crippen LogP contribution in [0.3, 0.4) is 0 Å². The van der Waals surface area contributed by atoms with Gasteiger partial charge in [-0.2, -0.15) is 13.3 Å². The monoisotopic (exact) mass is 277 g/mol. The van der Waals surface area contributed by atoms with E-state index in [0.717, 1.165) is 25.7 Å². The van der Waals surface area contributed by atoms with Gasteiger partial charge < -0.3 is 6.42 Å². The zero-order valence-electron chi connectivity index (χ0n) is 12.3. The standard InChI is InChI=1S/C18H23F2/c1-4-6-14-11-15(9-8-13(14)5-2)16-10-7-12(3)17(19)18(16)20/h4-5,7,10,13-15H,2,6,8-9,11H2,1,3H3/q-1. The van der Waals surface area contributed by atoms with Crippen LogP contribution in [0.5, 0.6) is 0 Å². The topological polar surface area (TPSA) is 0 Å². The van der Waals surface area contributed by atoms with Gasteiger partial charge >= 0.3 is 0 Å². The molecular weight excluding hydrogens is 254 g/mol. The summed E-state index contributed by atoms with van der Waals surface area (Å²) in [5.41, 5.74) is 0.932. The summed E-state index contributed by atoms with van der Waals surface area (Å²) in [5.74, 6) is -0.203. The van der Waals surface area contributed by atoms with E-state index in [2.05, 4.69) is 19.9 Å². The number of halogens is 2. The minimum Gasteiger partial charge on any atom is -0.331 e. The molecule has 1 saturated carbocycles. The van der Waals surface area contributed by atoms with Crippen LogP contribution in [0.4, 0.5) is 8.78 Å². The summed E-state index contributed by atoms with van der Waals surface area (Å²) >= 11 is 0. The van der Waals surface area contributed by atoms with Gasteiger partial charge in [0.15, 0.2) is 11.6 Å². The van der Waals surface area contributed by atoms with Crippen molar-refractivity contribution in [3.63, 3.8) is 0 Å². The van der Waals surface area contributed by atoms with Crippen molar-refractivity contribution >= 4 is 0 Å². The van der Waals surface area contributed by atoms with Crippen LogP contribution >= 0.6 is 0 Å². The highest BCUT2D eigenvalue weighted by Crippen LogP contribution is 2.42. The first-order valence-electron chi connectivity index (χ1n) is 7.43. The van der Waals surface area contributed by atoms with Gasteiger partial charge in [-0.1, -0.05) is 24.1 Å². The molecule has 3 atom stereocenters. The van der Waals surface area contributed by atoms with Crippen molar-refractivity contribution in [3.05, 3.63) is 54.0 Å². The molecule has 1 aromatic carbocycles. The smallest absolute Gasteiger partial charge is 0.162 e. The Labute approximate surface area is 120 Å². The molecule has 0 spiro atoms. The van der Waals surface area contributed by atoms with E-state index in [-0.39, 0.29) is 5.92 Å². The normalized spacial score (nSPS) is 26.5. The molecule has 1 aromatic rings. The first-order valence-corrected chi connectivity index (χ1v) is 7.43. The highest BCUT2D eigenvalue weighted by atomic mass is 19.2. The number of hydrogen-bond donors (Lipinski definition) is 0. The van der Waals surface area contributed by atoms with Gasteiger partial charge in [0.1, 0.15) is 0 Å².